The van der Waals surface area contributed by atoms with Gasteiger partial charge in [0.1, 0.15) is 17.0 Å². The van der Waals surface area contributed by atoms with Crippen molar-refractivity contribution < 1.29 is 22.3 Å². The van der Waals surface area contributed by atoms with Crippen molar-refractivity contribution in [3.8, 4) is 17.0 Å². The van der Waals surface area contributed by atoms with Crippen molar-refractivity contribution in [2.24, 2.45) is 0 Å². The number of rotatable bonds is 6. The number of nitrogens with one attached hydrogen (secondary N) is 1. The molecule has 1 aliphatic heterocycles. The molecule has 33 heavy (non-hydrogen) atoms. The average molecular weight is 473 g/mol. The van der Waals surface area contributed by atoms with E-state index in [1.54, 1.807) is 31.2 Å². The zero-order valence-electron chi connectivity index (χ0n) is 18.4. The van der Waals surface area contributed by atoms with E-state index in [-0.39, 0.29) is 23.5 Å². The summed E-state index contributed by atoms with van der Waals surface area (Å²) in [5.74, 6) is -0.103. The number of alkyl halides is 1. The molecule has 1 atom stereocenters. The van der Waals surface area contributed by atoms with Gasteiger partial charge in [-0.25, -0.2) is 12.8 Å². The summed E-state index contributed by atoms with van der Waals surface area (Å²) >= 11 is 0. The van der Waals surface area contributed by atoms with Crippen LogP contribution in [0.4, 0.5) is 4.39 Å². The average Bonchev–Trinajstić information content (AvgIpc) is 3.03. The van der Waals surface area contributed by atoms with Crippen LogP contribution in [-0.4, -0.2) is 52.5 Å². The Kier molecular flexibility index (Phi) is 5.15. The van der Waals surface area contributed by atoms with Crippen molar-refractivity contribution in [1.82, 2.24) is 20.1 Å². The lowest BCUT2D eigenvalue weighted by molar-refractivity contribution is 0.0860. The number of sulfone groups is 1. The molecule has 1 unspecified atom stereocenters. The van der Waals surface area contributed by atoms with Crippen LogP contribution >= 0.6 is 0 Å². The molecule has 1 aromatic carbocycles. The standard InChI is InChI=1S/C23H25FN4O4S/c1-14(24)32-18-8-3-5-15(9-18)20-21-19(28(27-20)17-6-4-7-17)10-16(11-25-21)22(29)26-23(2)12-33(30,31)13-23/h3,5,8-11,14,17H,4,6-7,12-13H2,1-2H3,(H,26,29). The van der Waals surface area contributed by atoms with Gasteiger partial charge in [0.05, 0.1) is 34.2 Å². The summed E-state index contributed by atoms with van der Waals surface area (Å²) < 4.78 is 43.6. The number of benzene rings is 1. The van der Waals surface area contributed by atoms with Crippen molar-refractivity contribution in [1.29, 1.82) is 0 Å². The predicted molar refractivity (Wildman–Crippen MR) is 122 cm³/mol. The van der Waals surface area contributed by atoms with Crippen molar-refractivity contribution in [3.63, 3.8) is 0 Å². The number of carbonyl (C=O) groups is 1. The van der Waals surface area contributed by atoms with Gasteiger partial charge in [0.2, 0.25) is 6.36 Å². The Balaban J connectivity index is 1.52. The quantitative estimate of drug-likeness (QED) is 0.590. The summed E-state index contributed by atoms with van der Waals surface area (Å²) in [6, 6.07) is 9.03. The first-order valence-electron chi connectivity index (χ1n) is 10.9. The fourth-order valence-electron chi connectivity index (χ4n) is 4.50. The predicted octanol–water partition coefficient (Wildman–Crippen LogP) is 3.43. The number of carbonyl (C=O) groups excluding carboxylic acids is 1. The van der Waals surface area contributed by atoms with E-state index in [2.05, 4.69) is 10.3 Å². The number of aromatic nitrogens is 3. The van der Waals surface area contributed by atoms with Crippen LogP contribution in [0.1, 0.15) is 49.5 Å². The van der Waals surface area contributed by atoms with Crippen LogP contribution in [0.3, 0.4) is 0 Å². The highest BCUT2D eigenvalue weighted by Crippen LogP contribution is 2.37. The SMILES string of the molecule is CC(F)Oc1cccc(-c2nn(C3CCC3)c3cc(C(=O)NC4(C)CS(=O)(=O)C4)cnc23)c1. The molecular formula is C23H25FN4O4S. The summed E-state index contributed by atoms with van der Waals surface area (Å²) in [6.45, 7) is 3.04. The van der Waals surface area contributed by atoms with E-state index in [1.807, 2.05) is 10.7 Å². The van der Waals surface area contributed by atoms with Gasteiger partial charge in [-0.15, -0.1) is 0 Å². The Hall–Kier alpha value is -3.01. The first kappa shape index (κ1) is 21.8. The molecule has 0 radical (unpaired) electrons. The maximum absolute atomic E-state index is 13.3. The van der Waals surface area contributed by atoms with E-state index in [0.29, 0.717) is 22.5 Å². The minimum absolute atomic E-state index is 0.0680. The highest BCUT2D eigenvalue weighted by molar-refractivity contribution is 7.93. The van der Waals surface area contributed by atoms with Gasteiger partial charge in [-0.1, -0.05) is 12.1 Å². The molecule has 1 saturated heterocycles. The van der Waals surface area contributed by atoms with Crippen LogP contribution in [0.25, 0.3) is 22.3 Å². The van der Waals surface area contributed by atoms with Crippen LogP contribution in [0.15, 0.2) is 36.5 Å². The van der Waals surface area contributed by atoms with E-state index in [1.165, 1.54) is 13.1 Å². The third kappa shape index (κ3) is 4.19. The maximum Gasteiger partial charge on any atom is 0.253 e. The highest BCUT2D eigenvalue weighted by atomic mass is 32.2. The lowest BCUT2D eigenvalue weighted by Crippen LogP contribution is -2.63. The molecule has 8 nitrogen and oxygen atoms in total. The summed E-state index contributed by atoms with van der Waals surface area (Å²) in [7, 11) is -3.08. The molecule has 2 aromatic heterocycles. The molecule has 1 aliphatic carbocycles. The van der Waals surface area contributed by atoms with Crippen molar-refractivity contribution in [3.05, 3.63) is 42.1 Å². The highest BCUT2D eigenvalue weighted by Gasteiger charge is 2.45. The zero-order chi connectivity index (χ0) is 23.4. The molecule has 0 spiro atoms. The van der Waals surface area contributed by atoms with Crippen LogP contribution in [-0.2, 0) is 9.84 Å². The molecular weight excluding hydrogens is 447 g/mol. The summed E-state index contributed by atoms with van der Waals surface area (Å²) in [5.41, 5.74) is 2.34. The summed E-state index contributed by atoms with van der Waals surface area (Å²) in [6.07, 6.45) is 3.14. The second kappa shape index (κ2) is 7.79. The minimum Gasteiger partial charge on any atom is -0.461 e. The maximum atomic E-state index is 13.3. The Morgan fingerprint density at radius 2 is 2.06 bits per heavy atom. The van der Waals surface area contributed by atoms with Gasteiger partial charge in [-0.3, -0.25) is 14.5 Å². The monoisotopic (exact) mass is 472 g/mol. The topological polar surface area (TPSA) is 103 Å². The number of amides is 1. The lowest BCUT2D eigenvalue weighted by Gasteiger charge is -2.38. The molecule has 174 valence electrons. The first-order valence-corrected chi connectivity index (χ1v) is 12.8. The number of hydrogen-bond donors (Lipinski definition) is 1. The number of halogens is 1. The fraction of sp³-hybridized carbons (Fsp3) is 0.435. The van der Waals surface area contributed by atoms with E-state index in [9.17, 15) is 17.6 Å². The molecule has 5 rings (SSSR count). The van der Waals surface area contributed by atoms with Gasteiger partial charge < -0.3 is 10.1 Å². The van der Waals surface area contributed by atoms with Gasteiger partial charge in [0.15, 0.2) is 9.84 Å². The van der Waals surface area contributed by atoms with E-state index < -0.39 is 21.7 Å². The lowest BCUT2D eigenvalue weighted by atomic mass is 9.93. The van der Waals surface area contributed by atoms with Crippen molar-refractivity contribution >= 4 is 26.8 Å². The number of nitrogens with zero attached hydrogens (tertiary/aromatic N) is 3. The summed E-state index contributed by atoms with van der Waals surface area (Å²) in [4.78, 5) is 17.4. The molecule has 0 bridgehead atoms. The van der Waals surface area contributed by atoms with Gasteiger partial charge in [0, 0.05) is 18.7 Å². The van der Waals surface area contributed by atoms with Gasteiger partial charge in [-0.2, -0.15) is 5.10 Å². The summed E-state index contributed by atoms with van der Waals surface area (Å²) in [5, 5.41) is 7.65. The number of pyridine rings is 1. The van der Waals surface area contributed by atoms with Crippen LogP contribution in [0.2, 0.25) is 0 Å². The molecule has 10 heteroatoms. The Morgan fingerprint density at radius 3 is 2.70 bits per heavy atom. The van der Waals surface area contributed by atoms with Crippen LogP contribution < -0.4 is 10.1 Å². The van der Waals surface area contributed by atoms with E-state index >= 15 is 0 Å². The number of ether oxygens (including phenoxy) is 1. The van der Waals surface area contributed by atoms with E-state index in [4.69, 9.17) is 9.84 Å². The normalized spacial score (nSPS) is 20.0. The molecule has 3 heterocycles. The second-order valence-electron chi connectivity index (χ2n) is 9.21. The molecule has 1 saturated carbocycles. The van der Waals surface area contributed by atoms with Crippen LogP contribution in [0.5, 0.6) is 5.75 Å². The van der Waals surface area contributed by atoms with Gasteiger partial charge >= 0.3 is 0 Å². The van der Waals surface area contributed by atoms with E-state index in [0.717, 1.165) is 30.3 Å². The largest absolute Gasteiger partial charge is 0.461 e. The van der Waals surface area contributed by atoms with Gasteiger partial charge in [-0.05, 0) is 44.4 Å². The first-order chi connectivity index (χ1) is 15.6. The number of fused-ring (bicyclic) bond motifs is 1. The fourth-order valence-corrected chi connectivity index (χ4v) is 6.50. The van der Waals surface area contributed by atoms with Crippen LogP contribution in [0, 0.1) is 0 Å². The Morgan fingerprint density at radius 1 is 1.30 bits per heavy atom. The third-order valence-corrected chi connectivity index (χ3v) is 8.28. The zero-order valence-corrected chi connectivity index (χ0v) is 19.2. The molecule has 3 aromatic rings. The third-order valence-electron chi connectivity index (χ3n) is 6.13. The smallest absolute Gasteiger partial charge is 0.253 e. The molecule has 1 amide bonds. The Labute approximate surface area is 191 Å². The van der Waals surface area contributed by atoms with Crippen molar-refractivity contribution in [2.75, 3.05) is 11.5 Å². The molecule has 2 aliphatic rings. The van der Waals surface area contributed by atoms with Gasteiger partial charge in [0.25, 0.3) is 5.91 Å². The second-order valence-corrected chi connectivity index (χ2v) is 11.3. The van der Waals surface area contributed by atoms with Crippen molar-refractivity contribution in [2.45, 2.75) is 51.0 Å². The minimum atomic E-state index is -3.08. The molecule has 2 fully saturated rings. The molecule has 1 N–H and O–H groups in total. The number of hydrogen-bond acceptors (Lipinski definition) is 6. The Bertz CT molecular complexity index is 1340.